The first-order valence-corrected chi connectivity index (χ1v) is 7.74. The lowest BCUT2D eigenvalue weighted by Crippen LogP contribution is -2.22. The summed E-state index contributed by atoms with van der Waals surface area (Å²) in [5, 5.41) is 12.1. The molecule has 2 rings (SSSR count). The molecule has 0 spiro atoms. The van der Waals surface area contributed by atoms with E-state index in [0.717, 1.165) is 28.2 Å². The number of hydrogen-bond donors (Lipinski definition) is 2. The van der Waals surface area contributed by atoms with E-state index in [2.05, 4.69) is 15.3 Å². The molecule has 0 aliphatic heterocycles. The topological polar surface area (TPSA) is 140 Å². The van der Waals surface area contributed by atoms with E-state index in [1.807, 2.05) is 56.3 Å². The number of hydrogen-bond acceptors (Lipinski definition) is 6. The van der Waals surface area contributed by atoms with Gasteiger partial charge in [-0.3, -0.25) is 4.55 Å². The molecule has 2 aromatic carbocycles. The molecule has 122 valence electrons. The van der Waals surface area contributed by atoms with Crippen molar-refractivity contribution >= 4 is 27.5 Å². The number of nitrogens with zero attached hydrogens (tertiary/aromatic N) is 3. The second kappa shape index (κ2) is 8.22. The first-order chi connectivity index (χ1) is 10.7. The van der Waals surface area contributed by atoms with Gasteiger partial charge in [0.25, 0.3) is 0 Å². The highest BCUT2D eigenvalue weighted by molar-refractivity contribution is 7.79. The molecule has 0 unspecified atom stereocenters. The minimum Gasteiger partial charge on any atom is -0.726 e. The lowest BCUT2D eigenvalue weighted by Gasteiger charge is -1.99. The Morgan fingerprint density at radius 3 is 2.13 bits per heavy atom. The van der Waals surface area contributed by atoms with Crippen LogP contribution < -0.4 is 5.53 Å². The van der Waals surface area contributed by atoms with Gasteiger partial charge in [0.1, 0.15) is 5.69 Å². The minimum absolute atomic E-state index is 0.768. The highest BCUT2D eigenvalue weighted by atomic mass is 32.3. The average molecular weight is 336 g/mol. The van der Waals surface area contributed by atoms with Gasteiger partial charge in [-0.05, 0) is 54.4 Å². The van der Waals surface area contributed by atoms with E-state index >= 15 is 0 Å². The zero-order chi connectivity index (χ0) is 17.5. The SMILES string of the molecule is Cc1cc(N=Nc2ccccc2C)ccc1N=[NH2+].O=S(=O)([O-])O. The predicted molar refractivity (Wildman–Crippen MR) is 82.9 cm³/mol. The highest BCUT2D eigenvalue weighted by Crippen LogP contribution is 2.25. The Hall–Kier alpha value is -2.49. The molecular weight excluding hydrogens is 320 g/mol. The van der Waals surface area contributed by atoms with Gasteiger partial charge in [-0.15, -0.1) is 0 Å². The van der Waals surface area contributed by atoms with Crippen molar-refractivity contribution in [1.29, 1.82) is 0 Å². The molecule has 0 radical (unpaired) electrons. The third kappa shape index (κ3) is 7.36. The number of benzene rings is 2. The van der Waals surface area contributed by atoms with Gasteiger partial charge in [-0.2, -0.15) is 15.8 Å². The Labute approximate surface area is 134 Å². The van der Waals surface area contributed by atoms with Crippen molar-refractivity contribution in [3.8, 4) is 0 Å². The summed E-state index contributed by atoms with van der Waals surface area (Å²) in [4.78, 5) is 0. The van der Waals surface area contributed by atoms with Crippen LogP contribution >= 0.6 is 0 Å². The van der Waals surface area contributed by atoms with E-state index < -0.39 is 10.4 Å². The maximum atomic E-state index is 8.63. The monoisotopic (exact) mass is 336 g/mol. The lowest BCUT2D eigenvalue weighted by molar-refractivity contribution is -0.210. The van der Waals surface area contributed by atoms with E-state index in [1.165, 1.54) is 0 Å². The predicted octanol–water partition coefficient (Wildman–Crippen LogP) is 2.57. The molecular formula is C14H16N4O4S. The largest absolute Gasteiger partial charge is 0.726 e. The molecule has 3 N–H and O–H groups in total. The van der Waals surface area contributed by atoms with Gasteiger partial charge in [-0.1, -0.05) is 18.2 Å². The quantitative estimate of drug-likeness (QED) is 0.505. The summed E-state index contributed by atoms with van der Waals surface area (Å²) >= 11 is 0. The van der Waals surface area contributed by atoms with Gasteiger partial charge < -0.3 is 4.55 Å². The van der Waals surface area contributed by atoms with Crippen LogP contribution in [0.2, 0.25) is 0 Å². The fraction of sp³-hybridized carbons (Fsp3) is 0.143. The van der Waals surface area contributed by atoms with Gasteiger partial charge in [0.2, 0.25) is 10.4 Å². The van der Waals surface area contributed by atoms with Crippen LogP contribution in [0.1, 0.15) is 11.1 Å². The van der Waals surface area contributed by atoms with Crippen molar-refractivity contribution in [2.24, 2.45) is 15.3 Å². The van der Waals surface area contributed by atoms with Crippen LogP contribution in [-0.2, 0) is 10.4 Å². The molecule has 23 heavy (non-hydrogen) atoms. The molecule has 0 bridgehead atoms. The third-order valence-electron chi connectivity index (χ3n) is 2.71. The summed E-state index contributed by atoms with van der Waals surface area (Å²) in [5.74, 6) is 0. The van der Waals surface area contributed by atoms with Crippen LogP contribution in [0.3, 0.4) is 0 Å². The molecule has 0 atom stereocenters. The van der Waals surface area contributed by atoms with Crippen molar-refractivity contribution in [1.82, 2.24) is 0 Å². The zero-order valence-electron chi connectivity index (χ0n) is 12.5. The summed E-state index contributed by atoms with van der Waals surface area (Å²) in [6.07, 6.45) is 0. The van der Waals surface area contributed by atoms with Crippen molar-refractivity contribution < 1.29 is 23.1 Å². The fourth-order valence-electron chi connectivity index (χ4n) is 1.63. The number of aryl methyl sites for hydroxylation is 2. The Balaban J connectivity index is 0.000000463. The summed E-state index contributed by atoms with van der Waals surface area (Å²) in [5.41, 5.74) is 9.79. The van der Waals surface area contributed by atoms with E-state index in [-0.39, 0.29) is 0 Å². The van der Waals surface area contributed by atoms with Crippen molar-refractivity contribution in [3.05, 3.63) is 53.6 Å². The first-order valence-electron chi connectivity index (χ1n) is 6.38. The molecule has 0 amide bonds. The molecule has 0 heterocycles. The van der Waals surface area contributed by atoms with Gasteiger partial charge >= 0.3 is 0 Å². The molecule has 0 saturated heterocycles. The van der Waals surface area contributed by atoms with Gasteiger partial charge in [0.15, 0.2) is 0 Å². The molecule has 2 aromatic rings. The first kappa shape index (κ1) is 18.6. The Morgan fingerprint density at radius 2 is 1.61 bits per heavy atom. The van der Waals surface area contributed by atoms with Crippen LogP contribution in [0, 0.1) is 13.8 Å². The smallest absolute Gasteiger partial charge is 0.215 e. The maximum Gasteiger partial charge on any atom is 0.215 e. The van der Waals surface area contributed by atoms with Crippen molar-refractivity contribution in [3.63, 3.8) is 0 Å². The Bertz CT molecular complexity index is 811. The molecule has 0 aliphatic rings. The maximum absolute atomic E-state index is 8.63. The standard InChI is InChI=1S/C14H14N4.H2O4S/c1-10-5-3-4-6-14(10)18-17-12-7-8-13(16-15)11(2)9-12;1-5(2,3)4/h3-9,15H,1-2H3;(H2,1,2,3,4). The second-order valence-corrected chi connectivity index (χ2v) is 5.37. The van der Waals surface area contributed by atoms with Crippen LogP contribution in [0.25, 0.3) is 0 Å². The fourth-order valence-corrected chi connectivity index (χ4v) is 1.63. The summed E-state index contributed by atoms with van der Waals surface area (Å²) in [6, 6.07) is 13.5. The van der Waals surface area contributed by atoms with Crippen molar-refractivity contribution in [2.75, 3.05) is 0 Å². The summed E-state index contributed by atoms with van der Waals surface area (Å²) in [6.45, 7) is 3.95. The number of rotatable bonds is 3. The van der Waals surface area contributed by atoms with E-state index in [9.17, 15) is 0 Å². The van der Waals surface area contributed by atoms with Crippen LogP contribution in [0.5, 0.6) is 0 Å². The molecule has 0 fully saturated rings. The summed E-state index contributed by atoms with van der Waals surface area (Å²) in [7, 11) is -4.92. The van der Waals surface area contributed by atoms with Gasteiger partial charge in [-0.25, -0.2) is 8.42 Å². The third-order valence-corrected chi connectivity index (χ3v) is 2.71. The minimum atomic E-state index is -4.92. The number of azo groups is 1. The van der Waals surface area contributed by atoms with E-state index in [0.29, 0.717) is 0 Å². The Kier molecular flexibility index (Phi) is 6.64. The second-order valence-electron chi connectivity index (χ2n) is 4.51. The molecule has 0 saturated carbocycles. The van der Waals surface area contributed by atoms with E-state index in [1.54, 1.807) is 0 Å². The van der Waals surface area contributed by atoms with E-state index in [4.69, 9.17) is 23.1 Å². The van der Waals surface area contributed by atoms with Crippen molar-refractivity contribution in [2.45, 2.75) is 13.8 Å². The molecule has 9 heteroatoms. The van der Waals surface area contributed by atoms with Crippen LogP contribution in [-0.4, -0.2) is 17.5 Å². The van der Waals surface area contributed by atoms with Crippen LogP contribution in [0.15, 0.2) is 57.8 Å². The lowest BCUT2D eigenvalue weighted by atomic mass is 10.2. The van der Waals surface area contributed by atoms with Crippen LogP contribution in [0.4, 0.5) is 17.1 Å². The molecule has 0 aliphatic carbocycles. The Morgan fingerprint density at radius 1 is 1.00 bits per heavy atom. The summed E-state index contributed by atoms with van der Waals surface area (Å²) < 4.78 is 32.8. The zero-order valence-corrected chi connectivity index (χ0v) is 13.4. The van der Waals surface area contributed by atoms with Gasteiger partial charge in [0.05, 0.1) is 11.4 Å². The average Bonchev–Trinajstić information content (AvgIpc) is 2.45. The normalized spacial score (nSPS) is 11.0. The van der Waals surface area contributed by atoms with Gasteiger partial charge in [0, 0.05) is 0 Å². The number of nitrogens with two attached hydrogens (primary N) is 1. The molecule has 0 aromatic heterocycles. The molecule has 8 nitrogen and oxygen atoms in total. The highest BCUT2D eigenvalue weighted by Gasteiger charge is 2.00.